The minimum absolute atomic E-state index is 0.234. The molecule has 0 radical (unpaired) electrons. The first kappa shape index (κ1) is 17.8. The van der Waals surface area contributed by atoms with E-state index in [1.54, 1.807) is 18.2 Å². The number of carbonyl (C=O) groups is 2. The van der Waals surface area contributed by atoms with E-state index in [9.17, 15) is 9.59 Å². The molecule has 0 saturated carbocycles. The quantitative estimate of drug-likeness (QED) is 0.590. The summed E-state index contributed by atoms with van der Waals surface area (Å²) in [7, 11) is 0. The summed E-state index contributed by atoms with van der Waals surface area (Å²) in [6, 6.07) is 4.78. The molecule has 4 nitrogen and oxygen atoms in total. The average molecular weight is 355 g/mol. The van der Waals surface area contributed by atoms with Crippen LogP contribution in [0.3, 0.4) is 0 Å². The van der Waals surface area contributed by atoms with Gasteiger partial charge in [0.25, 0.3) is 0 Å². The van der Waals surface area contributed by atoms with Gasteiger partial charge >= 0.3 is 0 Å². The summed E-state index contributed by atoms with van der Waals surface area (Å²) >= 11 is 11.8. The van der Waals surface area contributed by atoms with Crippen LogP contribution in [0.5, 0.6) is 0 Å². The molecule has 124 valence electrons. The van der Waals surface area contributed by atoms with Gasteiger partial charge in [-0.3, -0.25) is 9.59 Å². The molecule has 2 rings (SSSR count). The molecule has 1 aromatic rings. The molecule has 0 bridgehead atoms. The third kappa shape index (κ3) is 6.24. The van der Waals surface area contributed by atoms with Crippen LogP contribution in [-0.4, -0.2) is 18.4 Å². The average Bonchev–Trinajstić information content (AvgIpc) is 2.52. The van der Waals surface area contributed by atoms with Crippen LogP contribution in [-0.2, 0) is 9.59 Å². The van der Waals surface area contributed by atoms with E-state index in [4.69, 9.17) is 23.2 Å². The summed E-state index contributed by atoms with van der Waals surface area (Å²) < 4.78 is 0. The molecular weight excluding hydrogens is 335 g/mol. The Balaban J connectivity index is 1.73. The normalized spacial score (nSPS) is 14.1. The summed E-state index contributed by atoms with van der Waals surface area (Å²) in [5, 5.41) is 6.22. The van der Waals surface area contributed by atoms with Crippen molar-refractivity contribution in [2.24, 2.45) is 0 Å². The third-order valence-electron chi connectivity index (χ3n) is 3.68. The summed E-state index contributed by atoms with van der Waals surface area (Å²) in [5.74, 6) is -0.708. The summed E-state index contributed by atoms with van der Waals surface area (Å²) in [4.78, 5) is 23.7. The summed E-state index contributed by atoms with van der Waals surface area (Å²) in [6.07, 6.45) is 7.60. The van der Waals surface area contributed by atoms with Crippen LogP contribution < -0.4 is 10.6 Å². The number of carbonyl (C=O) groups excluding carboxylic acids is 2. The minimum Gasteiger partial charge on any atom is -0.355 e. The Kier molecular flexibility index (Phi) is 6.93. The van der Waals surface area contributed by atoms with E-state index in [0.29, 0.717) is 22.3 Å². The van der Waals surface area contributed by atoms with Gasteiger partial charge in [0, 0.05) is 11.6 Å². The Labute approximate surface area is 146 Å². The zero-order valence-electron chi connectivity index (χ0n) is 12.8. The number of hydrogen-bond acceptors (Lipinski definition) is 2. The van der Waals surface area contributed by atoms with Crippen LogP contribution >= 0.6 is 23.2 Å². The zero-order valence-corrected chi connectivity index (χ0v) is 14.3. The maximum atomic E-state index is 11.9. The van der Waals surface area contributed by atoms with Gasteiger partial charge in [0.15, 0.2) is 0 Å². The van der Waals surface area contributed by atoms with E-state index >= 15 is 0 Å². The van der Waals surface area contributed by atoms with Gasteiger partial charge in [-0.15, -0.1) is 0 Å². The number of anilines is 1. The van der Waals surface area contributed by atoms with E-state index in [1.165, 1.54) is 18.4 Å². The molecule has 1 aliphatic rings. The van der Waals surface area contributed by atoms with Crippen LogP contribution in [0.2, 0.25) is 10.0 Å². The van der Waals surface area contributed by atoms with E-state index in [-0.39, 0.29) is 12.3 Å². The van der Waals surface area contributed by atoms with Crippen LogP contribution in [0.15, 0.2) is 29.8 Å². The van der Waals surface area contributed by atoms with E-state index in [0.717, 1.165) is 19.3 Å². The van der Waals surface area contributed by atoms with Gasteiger partial charge in [-0.05, 0) is 50.3 Å². The van der Waals surface area contributed by atoms with Crippen LogP contribution in [0, 0.1) is 0 Å². The van der Waals surface area contributed by atoms with Gasteiger partial charge in [0.05, 0.1) is 10.7 Å². The standard InChI is InChI=1S/C17H20Cl2N2O2/c18-13-6-7-14(19)15(10-13)21-17(23)11-16(22)20-9-8-12-4-2-1-3-5-12/h4,6-7,10H,1-3,5,8-9,11H2,(H,20,22)(H,21,23). The lowest BCUT2D eigenvalue weighted by molar-refractivity contribution is -0.126. The van der Waals surface area contributed by atoms with Crippen LogP contribution in [0.4, 0.5) is 5.69 Å². The number of hydrogen-bond donors (Lipinski definition) is 2. The molecular formula is C17H20Cl2N2O2. The Morgan fingerprint density at radius 1 is 1.13 bits per heavy atom. The van der Waals surface area contributed by atoms with Gasteiger partial charge in [-0.25, -0.2) is 0 Å². The second kappa shape index (κ2) is 8.94. The van der Waals surface area contributed by atoms with Gasteiger partial charge in [-0.1, -0.05) is 34.9 Å². The molecule has 6 heteroatoms. The Hall–Kier alpha value is -1.52. The topological polar surface area (TPSA) is 58.2 Å². The lowest BCUT2D eigenvalue weighted by Gasteiger charge is -2.13. The molecule has 0 saturated heterocycles. The van der Waals surface area contributed by atoms with E-state index in [2.05, 4.69) is 16.7 Å². The first-order chi connectivity index (χ1) is 11.0. The molecule has 0 fully saturated rings. The molecule has 0 atom stereocenters. The molecule has 0 heterocycles. The maximum Gasteiger partial charge on any atom is 0.233 e. The van der Waals surface area contributed by atoms with Crippen molar-refractivity contribution in [3.8, 4) is 0 Å². The SMILES string of the molecule is O=C(CC(=O)Nc1cc(Cl)ccc1Cl)NCCC1=CCCCC1. The van der Waals surface area contributed by atoms with Gasteiger partial charge in [0.2, 0.25) is 11.8 Å². The Morgan fingerprint density at radius 3 is 2.70 bits per heavy atom. The molecule has 2 amide bonds. The molecule has 0 aliphatic heterocycles. The van der Waals surface area contributed by atoms with Crippen LogP contribution in [0.1, 0.15) is 38.5 Å². The predicted octanol–water partition coefficient (Wildman–Crippen LogP) is 4.33. The van der Waals surface area contributed by atoms with Crippen LogP contribution in [0.25, 0.3) is 0 Å². The fraction of sp³-hybridized carbons (Fsp3) is 0.412. The Bertz CT molecular complexity index is 615. The molecule has 23 heavy (non-hydrogen) atoms. The fourth-order valence-corrected chi connectivity index (χ4v) is 2.83. The second-order valence-electron chi connectivity index (χ2n) is 5.56. The van der Waals surface area contributed by atoms with Crippen molar-refractivity contribution in [1.82, 2.24) is 5.32 Å². The fourth-order valence-electron chi connectivity index (χ4n) is 2.49. The van der Waals surface area contributed by atoms with Gasteiger partial charge in [-0.2, -0.15) is 0 Å². The lowest BCUT2D eigenvalue weighted by Crippen LogP contribution is -2.29. The first-order valence-corrected chi connectivity index (χ1v) is 8.49. The highest BCUT2D eigenvalue weighted by Gasteiger charge is 2.12. The van der Waals surface area contributed by atoms with Crippen molar-refractivity contribution in [3.05, 3.63) is 39.9 Å². The van der Waals surface area contributed by atoms with Crippen molar-refractivity contribution in [2.45, 2.75) is 38.5 Å². The first-order valence-electron chi connectivity index (χ1n) is 7.74. The molecule has 0 spiro atoms. The number of nitrogens with one attached hydrogen (secondary N) is 2. The third-order valence-corrected chi connectivity index (χ3v) is 4.24. The highest BCUT2D eigenvalue weighted by molar-refractivity contribution is 6.35. The summed E-state index contributed by atoms with van der Waals surface area (Å²) in [6.45, 7) is 0.565. The zero-order chi connectivity index (χ0) is 16.7. The molecule has 1 aromatic carbocycles. The number of rotatable bonds is 6. The maximum absolute atomic E-state index is 11.9. The Morgan fingerprint density at radius 2 is 1.96 bits per heavy atom. The predicted molar refractivity (Wildman–Crippen MR) is 93.9 cm³/mol. The van der Waals surface area contributed by atoms with E-state index in [1.807, 2.05) is 0 Å². The molecule has 0 aromatic heterocycles. The van der Waals surface area contributed by atoms with Crippen molar-refractivity contribution < 1.29 is 9.59 Å². The highest BCUT2D eigenvalue weighted by atomic mass is 35.5. The number of amides is 2. The van der Waals surface area contributed by atoms with Crippen molar-refractivity contribution in [3.63, 3.8) is 0 Å². The monoisotopic (exact) mass is 354 g/mol. The number of halogens is 2. The second-order valence-corrected chi connectivity index (χ2v) is 6.40. The molecule has 0 unspecified atom stereocenters. The smallest absolute Gasteiger partial charge is 0.233 e. The minimum atomic E-state index is -0.413. The summed E-state index contributed by atoms with van der Waals surface area (Å²) in [5.41, 5.74) is 1.80. The number of benzene rings is 1. The van der Waals surface area contributed by atoms with Crippen molar-refractivity contribution >= 4 is 40.7 Å². The van der Waals surface area contributed by atoms with Crippen molar-refractivity contribution in [1.29, 1.82) is 0 Å². The number of allylic oxidation sites excluding steroid dienone is 1. The molecule has 2 N–H and O–H groups in total. The van der Waals surface area contributed by atoms with E-state index < -0.39 is 5.91 Å². The highest BCUT2D eigenvalue weighted by Crippen LogP contribution is 2.25. The largest absolute Gasteiger partial charge is 0.355 e. The molecule has 1 aliphatic carbocycles. The lowest BCUT2D eigenvalue weighted by atomic mass is 9.97. The van der Waals surface area contributed by atoms with Crippen molar-refractivity contribution in [2.75, 3.05) is 11.9 Å². The van der Waals surface area contributed by atoms with Gasteiger partial charge in [0.1, 0.15) is 6.42 Å². The van der Waals surface area contributed by atoms with Gasteiger partial charge < -0.3 is 10.6 Å².